The fraction of sp³-hybridized carbons (Fsp3) is 0.429. The summed E-state index contributed by atoms with van der Waals surface area (Å²) in [5.41, 5.74) is 0.222. The summed E-state index contributed by atoms with van der Waals surface area (Å²) in [5, 5.41) is 2.70. The first-order chi connectivity index (χ1) is 8.85. The maximum absolute atomic E-state index is 13.4. The van der Waals surface area contributed by atoms with Gasteiger partial charge in [0.15, 0.2) is 0 Å². The minimum Gasteiger partial charge on any atom is -0.340 e. The Kier molecular flexibility index (Phi) is 3.30. The predicted octanol–water partition coefficient (Wildman–Crippen LogP) is 1.77. The molecule has 0 bridgehead atoms. The number of carbonyl (C=O) groups is 2. The first-order valence-electron chi connectivity index (χ1n) is 6.26. The van der Waals surface area contributed by atoms with Crippen molar-refractivity contribution in [2.24, 2.45) is 0 Å². The van der Waals surface area contributed by atoms with Gasteiger partial charge in [0.25, 0.3) is 5.91 Å². The molecule has 1 aromatic rings. The molecule has 1 atom stereocenters. The lowest BCUT2D eigenvalue weighted by Crippen LogP contribution is -2.65. The van der Waals surface area contributed by atoms with Crippen molar-refractivity contribution in [1.82, 2.24) is 5.32 Å². The van der Waals surface area contributed by atoms with E-state index in [1.54, 1.807) is 19.9 Å². The molecule has 5 heteroatoms. The number of benzene rings is 1. The van der Waals surface area contributed by atoms with Crippen LogP contribution in [0.25, 0.3) is 0 Å². The second-order valence-electron chi connectivity index (χ2n) is 5.11. The smallest absolute Gasteiger partial charge is 0.252 e. The highest BCUT2D eigenvalue weighted by Gasteiger charge is 2.42. The zero-order chi connectivity index (χ0) is 14.2. The van der Waals surface area contributed by atoms with Crippen molar-refractivity contribution in [2.45, 2.75) is 32.7 Å². The number of hydrogen-bond donors (Lipinski definition) is 1. The molecular weight excluding hydrogens is 247 g/mol. The largest absolute Gasteiger partial charge is 0.340 e. The van der Waals surface area contributed by atoms with Crippen LogP contribution in [0.4, 0.5) is 10.1 Å². The Balaban J connectivity index is 2.43. The van der Waals surface area contributed by atoms with Gasteiger partial charge in [-0.05, 0) is 44.0 Å². The quantitative estimate of drug-likeness (QED) is 0.885. The van der Waals surface area contributed by atoms with Gasteiger partial charge in [-0.25, -0.2) is 4.39 Å². The molecule has 1 fully saturated rings. The lowest BCUT2D eigenvalue weighted by atomic mass is 9.94. The first kappa shape index (κ1) is 13.5. The molecular formula is C14H17FN2O2. The summed E-state index contributed by atoms with van der Waals surface area (Å²) in [7, 11) is 0. The van der Waals surface area contributed by atoms with E-state index in [9.17, 15) is 14.0 Å². The van der Waals surface area contributed by atoms with Crippen LogP contribution in [0.2, 0.25) is 0 Å². The molecule has 1 heterocycles. The van der Waals surface area contributed by atoms with Crippen molar-refractivity contribution in [2.75, 3.05) is 11.4 Å². The van der Waals surface area contributed by atoms with E-state index < -0.39 is 11.4 Å². The van der Waals surface area contributed by atoms with Gasteiger partial charge in [0.2, 0.25) is 5.91 Å². The lowest BCUT2D eigenvalue weighted by molar-refractivity contribution is -0.135. The molecule has 0 saturated carbocycles. The molecule has 2 amide bonds. The van der Waals surface area contributed by atoms with Crippen LogP contribution in [0.5, 0.6) is 0 Å². The first-order valence-corrected chi connectivity index (χ1v) is 6.26. The van der Waals surface area contributed by atoms with Crippen molar-refractivity contribution in [3.05, 3.63) is 29.6 Å². The summed E-state index contributed by atoms with van der Waals surface area (Å²) in [4.78, 5) is 25.5. The zero-order valence-corrected chi connectivity index (χ0v) is 11.3. The van der Waals surface area contributed by atoms with E-state index in [-0.39, 0.29) is 18.4 Å². The number of hydrogen-bond acceptors (Lipinski definition) is 2. The van der Waals surface area contributed by atoms with Crippen molar-refractivity contribution >= 4 is 17.5 Å². The maximum atomic E-state index is 13.4. The number of carbonyl (C=O) groups excluding carboxylic acids is 2. The van der Waals surface area contributed by atoms with Crippen LogP contribution in [0, 0.1) is 12.7 Å². The monoisotopic (exact) mass is 264 g/mol. The van der Waals surface area contributed by atoms with Gasteiger partial charge in [0.05, 0.1) is 0 Å². The Labute approximate surface area is 111 Å². The number of piperazine rings is 1. The number of anilines is 1. The van der Waals surface area contributed by atoms with E-state index in [0.717, 1.165) is 0 Å². The Bertz CT molecular complexity index is 524. The molecule has 102 valence electrons. The fourth-order valence-corrected chi connectivity index (χ4v) is 2.24. The number of halogens is 1. The third-order valence-corrected chi connectivity index (χ3v) is 3.48. The van der Waals surface area contributed by atoms with Gasteiger partial charge in [-0.15, -0.1) is 0 Å². The molecule has 19 heavy (non-hydrogen) atoms. The number of rotatable bonds is 2. The van der Waals surface area contributed by atoms with Crippen molar-refractivity contribution in [1.29, 1.82) is 0 Å². The van der Waals surface area contributed by atoms with Crippen molar-refractivity contribution in [3.63, 3.8) is 0 Å². The summed E-state index contributed by atoms with van der Waals surface area (Å²) in [6, 6.07) is 4.37. The van der Waals surface area contributed by atoms with Crippen molar-refractivity contribution < 1.29 is 14.0 Å². The average Bonchev–Trinajstić information content (AvgIpc) is 2.32. The topological polar surface area (TPSA) is 49.4 Å². The van der Waals surface area contributed by atoms with Gasteiger partial charge in [-0.2, -0.15) is 0 Å². The minimum absolute atomic E-state index is 0.0721. The van der Waals surface area contributed by atoms with Crippen LogP contribution < -0.4 is 10.2 Å². The highest BCUT2D eigenvalue weighted by molar-refractivity contribution is 6.08. The van der Waals surface area contributed by atoms with Crippen LogP contribution in [-0.2, 0) is 9.59 Å². The third kappa shape index (κ3) is 2.45. The Morgan fingerprint density at radius 2 is 2.05 bits per heavy atom. The number of aryl methyl sites for hydroxylation is 1. The van der Waals surface area contributed by atoms with Gasteiger partial charge < -0.3 is 10.2 Å². The molecule has 1 N–H and O–H groups in total. The second-order valence-corrected chi connectivity index (χ2v) is 5.11. The van der Waals surface area contributed by atoms with Gasteiger partial charge in [0.1, 0.15) is 17.9 Å². The van der Waals surface area contributed by atoms with Gasteiger partial charge >= 0.3 is 0 Å². The minimum atomic E-state index is -0.921. The summed E-state index contributed by atoms with van der Waals surface area (Å²) in [6.07, 6.45) is 0.488. The molecule has 1 saturated heterocycles. The Morgan fingerprint density at radius 1 is 1.37 bits per heavy atom. The third-order valence-electron chi connectivity index (χ3n) is 3.48. The number of nitrogens with one attached hydrogen (secondary N) is 1. The van der Waals surface area contributed by atoms with E-state index >= 15 is 0 Å². The summed E-state index contributed by atoms with van der Waals surface area (Å²) in [5.74, 6) is -0.850. The average molecular weight is 264 g/mol. The van der Waals surface area contributed by atoms with Crippen LogP contribution in [0.1, 0.15) is 25.8 Å². The van der Waals surface area contributed by atoms with Crippen LogP contribution in [0.3, 0.4) is 0 Å². The Morgan fingerprint density at radius 3 is 2.63 bits per heavy atom. The molecule has 0 aromatic heterocycles. The van der Waals surface area contributed by atoms with Crippen molar-refractivity contribution in [3.8, 4) is 0 Å². The highest BCUT2D eigenvalue weighted by atomic mass is 19.1. The lowest BCUT2D eigenvalue weighted by Gasteiger charge is -2.39. The van der Waals surface area contributed by atoms with Gasteiger partial charge in [-0.1, -0.05) is 6.92 Å². The SMILES string of the molecule is CCC1(C)NC(=O)CN(c2cc(C)cc(F)c2)C1=O. The molecule has 0 spiro atoms. The molecule has 0 aliphatic carbocycles. The van der Waals surface area contributed by atoms with E-state index in [4.69, 9.17) is 0 Å². The summed E-state index contributed by atoms with van der Waals surface area (Å²) < 4.78 is 13.4. The van der Waals surface area contributed by atoms with Crippen LogP contribution in [-0.4, -0.2) is 23.9 Å². The molecule has 1 aromatic carbocycles. The number of nitrogens with zero attached hydrogens (tertiary/aromatic N) is 1. The van der Waals surface area contributed by atoms with E-state index in [2.05, 4.69) is 5.32 Å². The summed E-state index contributed by atoms with van der Waals surface area (Å²) in [6.45, 7) is 5.20. The Hall–Kier alpha value is -1.91. The number of amides is 2. The van der Waals surface area contributed by atoms with Gasteiger partial charge in [0, 0.05) is 5.69 Å². The zero-order valence-electron chi connectivity index (χ0n) is 11.3. The molecule has 2 rings (SSSR count). The van der Waals surface area contributed by atoms with Crippen LogP contribution in [0.15, 0.2) is 18.2 Å². The standard InChI is InChI=1S/C14H17FN2O2/c1-4-14(3)13(19)17(8-12(18)16-14)11-6-9(2)5-10(15)7-11/h5-7H,4,8H2,1-3H3,(H,16,18). The maximum Gasteiger partial charge on any atom is 0.252 e. The summed E-state index contributed by atoms with van der Waals surface area (Å²) >= 11 is 0. The van der Waals surface area contributed by atoms with Crippen LogP contribution >= 0.6 is 0 Å². The molecule has 0 radical (unpaired) electrons. The fourth-order valence-electron chi connectivity index (χ4n) is 2.24. The predicted molar refractivity (Wildman–Crippen MR) is 70.3 cm³/mol. The molecule has 1 aliphatic heterocycles. The van der Waals surface area contributed by atoms with E-state index in [0.29, 0.717) is 17.7 Å². The van der Waals surface area contributed by atoms with E-state index in [1.807, 2.05) is 6.92 Å². The second kappa shape index (κ2) is 4.64. The normalized spacial score (nSPS) is 23.5. The van der Waals surface area contributed by atoms with Gasteiger partial charge in [-0.3, -0.25) is 9.59 Å². The molecule has 4 nitrogen and oxygen atoms in total. The van der Waals surface area contributed by atoms with E-state index in [1.165, 1.54) is 17.0 Å². The molecule has 1 unspecified atom stereocenters. The highest BCUT2D eigenvalue weighted by Crippen LogP contribution is 2.25. The molecule has 1 aliphatic rings.